The Kier molecular flexibility index (Phi) is 6.47. The first-order valence-electron chi connectivity index (χ1n) is 12.5. The minimum absolute atomic E-state index is 0.0345. The molecule has 2 aliphatic heterocycles. The number of piperidine rings is 1. The fraction of sp³-hybridized carbons (Fsp3) is 0.370. The number of rotatable bonds is 5. The summed E-state index contributed by atoms with van der Waals surface area (Å²) >= 11 is 0. The van der Waals surface area contributed by atoms with Crippen LogP contribution in [0.15, 0.2) is 36.5 Å². The number of nitrogens with two attached hydrogens (primary N) is 2. The van der Waals surface area contributed by atoms with Gasteiger partial charge < -0.3 is 21.4 Å². The second kappa shape index (κ2) is 9.60. The number of fused-ring (bicyclic) bond motifs is 1. The molecular weight excluding hydrogens is 471 g/mol. The molecule has 3 heterocycles. The average molecular weight is 505 g/mol. The summed E-state index contributed by atoms with van der Waals surface area (Å²) in [6.07, 6.45) is 3.45. The molecule has 0 aliphatic carbocycles. The number of likely N-dealkylation sites (tertiary alicyclic amines) is 1. The van der Waals surface area contributed by atoms with E-state index >= 15 is 0 Å². The molecule has 3 aromatic rings. The van der Waals surface area contributed by atoms with Crippen molar-refractivity contribution < 1.29 is 9.18 Å². The minimum atomic E-state index is -0.640. The van der Waals surface area contributed by atoms with Crippen molar-refractivity contribution in [3.63, 3.8) is 0 Å². The van der Waals surface area contributed by atoms with Gasteiger partial charge in [0.15, 0.2) is 0 Å². The first-order valence-corrected chi connectivity index (χ1v) is 12.5. The van der Waals surface area contributed by atoms with Gasteiger partial charge in [0, 0.05) is 55.2 Å². The molecule has 1 aromatic heterocycles. The van der Waals surface area contributed by atoms with E-state index < -0.39 is 5.82 Å². The molecule has 1 amide bonds. The van der Waals surface area contributed by atoms with Crippen LogP contribution in [0.2, 0.25) is 0 Å². The zero-order valence-corrected chi connectivity index (χ0v) is 21.4. The number of aromatic nitrogens is 2. The van der Waals surface area contributed by atoms with Crippen molar-refractivity contribution in [1.82, 2.24) is 19.8 Å². The normalized spacial score (nSPS) is 16.9. The van der Waals surface area contributed by atoms with Crippen molar-refractivity contribution in [2.75, 3.05) is 29.6 Å². The number of anilines is 4. The molecule has 0 atom stereocenters. The van der Waals surface area contributed by atoms with Gasteiger partial charge in [-0.3, -0.25) is 15.5 Å². The van der Waals surface area contributed by atoms with Crippen molar-refractivity contribution in [1.29, 1.82) is 0 Å². The van der Waals surface area contributed by atoms with Crippen molar-refractivity contribution in [2.45, 2.75) is 52.2 Å². The number of nitrogens with one attached hydrogen (secondary N) is 2. The van der Waals surface area contributed by atoms with Gasteiger partial charge >= 0.3 is 0 Å². The standard InChI is InChI=1S/C27H33FN8O/c1-16-8-17(2)10-19(9-16)32-26-31-13-18-14-36(15-24(18)33-26)27(3)4-6-35(7-5-27)25(37)20-11-22(29)23(34-30)12-21(20)28/h8-13,34H,4-7,14-15,29-30H2,1-3H3,(H,31,32,33). The molecule has 0 radical (unpaired) electrons. The fourth-order valence-electron chi connectivity index (χ4n) is 5.33. The molecule has 5 rings (SSSR count). The Hall–Kier alpha value is -3.76. The maximum absolute atomic E-state index is 14.6. The van der Waals surface area contributed by atoms with E-state index in [4.69, 9.17) is 16.6 Å². The number of benzene rings is 2. The van der Waals surface area contributed by atoms with Gasteiger partial charge in [-0.2, -0.15) is 0 Å². The Balaban J connectivity index is 1.24. The van der Waals surface area contributed by atoms with Crippen LogP contribution in [-0.2, 0) is 13.1 Å². The number of carbonyl (C=O) groups is 1. The first kappa shape index (κ1) is 24.9. The summed E-state index contributed by atoms with van der Waals surface area (Å²) in [5.41, 5.74) is 14.1. The van der Waals surface area contributed by atoms with Gasteiger partial charge in [0.1, 0.15) is 5.82 Å². The lowest BCUT2D eigenvalue weighted by Gasteiger charge is -2.45. The van der Waals surface area contributed by atoms with E-state index in [1.54, 1.807) is 4.90 Å². The number of carbonyl (C=O) groups excluding carboxylic acids is 1. The fourth-order valence-corrected chi connectivity index (χ4v) is 5.33. The van der Waals surface area contributed by atoms with Crippen LogP contribution in [0.3, 0.4) is 0 Å². The number of halogens is 1. The van der Waals surface area contributed by atoms with Crippen LogP contribution in [-0.4, -0.2) is 44.3 Å². The number of nitrogens with zero attached hydrogens (tertiary/aromatic N) is 4. The molecule has 0 unspecified atom stereocenters. The number of hydrogen-bond donors (Lipinski definition) is 4. The first-order chi connectivity index (χ1) is 17.6. The summed E-state index contributed by atoms with van der Waals surface area (Å²) in [5.74, 6) is 4.95. The minimum Gasteiger partial charge on any atom is -0.397 e. The molecule has 2 aromatic carbocycles. The molecular formula is C27H33FN8O. The van der Waals surface area contributed by atoms with Crippen LogP contribution >= 0.6 is 0 Å². The summed E-state index contributed by atoms with van der Waals surface area (Å²) in [7, 11) is 0. The zero-order valence-electron chi connectivity index (χ0n) is 21.4. The average Bonchev–Trinajstić information content (AvgIpc) is 3.29. The summed E-state index contributed by atoms with van der Waals surface area (Å²) < 4.78 is 14.6. The molecule has 10 heteroatoms. The molecule has 1 saturated heterocycles. The Morgan fingerprint density at radius 3 is 2.46 bits per heavy atom. The summed E-state index contributed by atoms with van der Waals surface area (Å²) in [6, 6.07) is 8.79. The molecule has 1 fully saturated rings. The number of aryl methyl sites for hydroxylation is 2. The smallest absolute Gasteiger partial charge is 0.256 e. The Morgan fingerprint density at radius 2 is 1.78 bits per heavy atom. The van der Waals surface area contributed by atoms with Crippen LogP contribution in [0.25, 0.3) is 0 Å². The maximum Gasteiger partial charge on any atom is 0.256 e. The Bertz CT molecular complexity index is 1330. The van der Waals surface area contributed by atoms with E-state index in [1.807, 2.05) is 6.20 Å². The lowest BCUT2D eigenvalue weighted by Crippen LogP contribution is -2.52. The largest absolute Gasteiger partial charge is 0.397 e. The highest BCUT2D eigenvalue weighted by Crippen LogP contribution is 2.36. The predicted molar refractivity (Wildman–Crippen MR) is 143 cm³/mol. The highest BCUT2D eigenvalue weighted by atomic mass is 19.1. The van der Waals surface area contributed by atoms with E-state index in [0.29, 0.717) is 19.0 Å². The molecule has 37 heavy (non-hydrogen) atoms. The number of amides is 1. The summed E-state index contributed by atoms with van der Waals surface area (Å²) in [5, 5.41) is 3.33. The Labute approximate surface area is 216 Å². The van der Waals surface area contributed by atoms with E-state index in [0.717, 1.165) is 48.9 Å². The van der Waals surface area contributed by atoms with Crippen molar-refractivity contribution >= 4 is 28.9 Å². The van der Waals surface area contributed by atoms with E-state index in [9.17, 15) is 9.18 Å². The monoisotopic (exact) mass is 504 g/mol. The number of hydrazine groups is 1. The van der Waals surface area contributed by atoms with Gasteiger partial charge in [0.05, 0.1) is 22.6 Å². The van der Waals surface area contributed by atoms with Crippen molar-refractivity contribution in [3.8, 4) is 0 Å². The maximum atomic E-state index is 14.6. The van der Waals surface area contributed by atoms with Gasteiger partial charge in [0.2, 0.25) is 5.95 Å². The molecule has 9 nitrogen and oxygen atoms in total. The third-order valence-electron chi connectivity index (χ3n) is 7.55. The number of nitrogen functional groups attached to an aromatic ring is 2. The van der Waals surface area contributed by atoms with E-state index in [2.05, 4.69) is 59.6 Å². The molecule has 0 bridgehead atoms. The molecule has 0 spiro atoms. The van der Waals surface area contributed by atoms with Crippen molar-refractivity contribution in [3.05, 3.63) is 70.3 Å². The molecule has 0 saturated carbocycles. The van der Waals surface area contributed by atoms with Gasteiger partial charge in [-0.1, -0.05) is 6.07 Å². The van der Waals surface area contributed by atoms with Crippen LogP contribution in [0.1, 0.15) is 52.5 Å². The summed E-state index contributed by atoms with van der Waals surface area (Å²) in [6.45, 7) is 8.92. The van der Waals surface area contributed by atoms with E-state index in [1.165, 1.54) is 17.2 Å². The lowest BCUT2D eigenvalue weighted by molar-refractivity contribution is 0.0270. The predicted octanol–water partition coefficient (Wildman–Crippen LogP) is 3.85. The number of hydrogen-bond acceptors (Lipinski definition) is 8. The van der Waals surface area contributed by atoms with Gasteiger partial charge in [-0.15, -0.1) is 0 Å². The van der Waals surface area contributed by atoms with Gasteiger partial charge in [0.25, 0.3) is 5.91 Å². The van der Waals surface area contributed by atoms with Crippen LogP contribution in [0.4, 0.5) is 27.4 Å². The van der Waals surface area contributed by atoms with Crippen LogP contribution in [0, 0.1) is 19.7 Å². The van der Waals surface area contributed by atoms with Crippen LogP contribution < -0.4 is 22.3 Å². The van der Waals surface area contributed by atoms with E-state index in [-0.39, 0.29) is 28.4 Å². The third-order valence-corrected chi connectivity index (χ3v) is 7.55. The highest BCUT2D eigenvalue weighted by molar-refractivity contribution is 5.96. The topological polar surface area (TPSA) is 125 Å². The quantitative estimate of drug-likeness (QED) is 0.235. The highest BCUT2D eigenvalue weighted by Gasteiger charge is 2.40. The molecule has 6 N–H and O–H groups in total. The van der Waals surface area contributed by atoms with Crippen LogP contribution in [0.5, 0.6) is 0 Å². The van der Waals surface area contributed by atoms with Gasteiger partial charge in [-0.25, -0.2) is 14.4 Å². The zero-order chi connectivity index (χ0) is 26.3. The van der Waals surface area contributed by atoms with Crippen molar-refractivity contribution in [2.24, 2.45) is 5.84 Å². The third kappa shape index (κ3) is 4.94. The summed E-state index contributed by atoms with van der Waals surface area (Å²) in [4.78, 5) is 26.5. The Morgan fingerprint density at radius 1 is 1.08 bits per heavy atom. The van der Waals surface area contributed by atoms with Gasteiger partial charge in [-0.05, 0) is 62.9 Å². The SMILES string of the molecule is Cc1cc(C)cc(Nc2ncc3c(n2)CN(C2(C)CCN(C(=O)c4cc(N)c(NN)cc4F)CC2)C3)c1. The lowest BCUT2D eigenvalue weighted by atomic mass is 9.87. The second-order valence-electron chi connectivity index (χ2n) is 10.4. The second-order valence-corrected chi connectivity index (χ2v) is 10.4. The molecule has 194 valence electrons. The molecule has 2 aliphatic rings.